The summed E-state index contributed by atoms with van der Waals surface area (Å²) in [6, 6.07) is 0. The summed E-state index contributed by atoms with van der Waals surface area (Å²) in [7, 11) is 0. The molecule has 2 N–H and O–H groups in total. The van der Waals surface area contributed by atoms with E-state index >= 15 is 0 Å². The minimum atomic E-state index is -0.799. The topological polar surface area (TPSA) is 62.5 Å². The molecule has 1 aromatic rings. The van der Waals surface area contributed by atoms with Crippen LogP contribution in [0, 0.1) is 0 Å². The second-order valence-corrected chi connectivity index (χ2v) is 4.18. The van der Waals surface area contributed by atoms with E-state index in [9.17, 15) is 4.79 Å². The highest BCUT2D eigenvalue weighted by atomic mass is 16.4. The van der Waals surface area contributed by atoms with Crippen molar-refractivity contribution in [2.24, 2.45) is 0 Å². The molecule has 0 radical (unpaired) electrons. The first-order chi connectivity index (χ1) is 7.09. The Labute approximate surface area is 88.3 Å². The van der Waals surface area contributed by atoms with Crippen molar-refractivity contribution in [1.29, 1.82) is 0 Å². The predicted octanol–water partition coefficient (Wildman–Crippen LogP) is 1.63. The van der Waals surface area contributed by atoms with Gasteiger partial charge in [0.2, 0.25) is 0 Å². The average molecular weight is 209 g/mol. The maximum atomic E-state index is 10.8. The highest BCUT2D eigenvalue weighted by Gasteiger charge is 2.26. The Kier molecular flexibility index (Phi) is 2.52. The second kappa shape index (κ2) is 3.70. The molecule has 0 saturated carbocycles. The maximum absolute atomic E-state index is 10.8. The average Bonchev–Trinajstić information content (AvgIpc) is 2.66. The third-order valence-corrected chi connectivity index (χ3v) is 2.67. The highest BCUT2D eigenvalue weighted by Crippen LogP contribution is 2.31. The van der Waals surface area contributed by atoms with Crippen LogP contribution in [0.15, 0.2) is 4.42 Å². The minimum Gasteiger partial charge on any atom is -0.481 e. The molecule has 0 amide bonds. The summed E-state index contributed by atoms with van der Waals surface area (Å²) in [5, 5.41) is 12.0. The summed E-state index contributed by atoms with van der Waals surface area (Å²) >= 11 is 0. The standard InChI is InChI=1S/C11H15NO3/c1-6(2)11-7(3-10(13)14)8-4-12-5-9(8)15-11/h6,12H,3-5H2,1-2H3,(H,13,14). The normalized spacial score (nSPS) is 14.6. The number of furan rings is 1. The van der Waals surface area contributed by atoms with Crippen molar-refractivity contribution in [3.05, 3.63) is 22.6 Å². The van der Waals surface area contributed by atoms with Crippen LogP contribution in [-0.4, -0.2) is 11.1 Å². The van der Waals surface area contributed by atoms with Gasteiger partial charge in [-0.2, -0.15) is 0 Å². The lowest BCUT2D eigenvalue weighted by molar-refractivity contribution is -0.136. The molecule has 2 rings (SSSR count). The molecule has 0 fully saturated rings. The molecule has 0 aromatic carbocycles. The van der Waals surface area contributed by atoms with Gasteiger partial charge in [-0.05, 0) is 0 Å². The largest absolute Gasteiger partial charge is 0.481 e. The molecule has 0 aliphatic carbocycles. The van der Waals surface area contributed by atoms with E-state index < -0.39 is 5.97 Å². The van der Waals surface area contributed by atoms with E-state index in [0.29, 0.717) is 6.54 Å². The van der Waals surface area contributed by atoms with E-state index in [4.69, 9.17) is 9.52 Å². The van der Waals surface area contributed by atoms with Crippen molar-refractivity contribution < 1.29 is 14.3 Å². The van der Waals surface area contributed by atoms with Gasteiger partial charge in [-0.25, -0.2) is 0 Å². The molecule has 0 bridgehead atoms. The summed E-state index contributed by atoms with van der Waals surface area (Å²) in [5.41, 5.74) is 1.93. The van der Waals surface area contributed by atoms with Gasteiger partial charge < -0.3 is 14.8 Å². The second-order valence-electron chi connectivity index (χ2n) is 4.18. The van der Waals surface area contributed by atoms with E-state index in [-0.39, 0.29) is 12.3 Å². The molecular weight excluding hydrogens is 194 g/mol. The monoisotopic (exact) mass is 209 g/mol. The third-order valence-electron chi connectivity index (χ3n) is 2.67. The first kappa shape index (κ1) is 10.2. The van der Waals surface area contributed by atoms with Crippen molar-refractivity contribution in [3.8, 4) is 0 Å². The van der Waals surface area contributed by atoms with Crippen LogP contribution in [0.5, 0.6) is 0 Å². The Bertz CT molecular complexity index is 393. The lowest BCUT2D eigenvalue weighted by Gasteiger charge is -2.05. The molecule has 82 valence electrons. The number of fused-ring (bicyclic) bond motifs is 1. The molecule has 15 heavy (non-hydrogen) atoms. The van der Waals surface area contributed by atoms with E-state index in [0.717, 1.165) is 29.2 Å². The molecule has 0 saturated heterocycles. The lowest BCUT2D eigenvalue weighted by atomic mass is 10.0. The van der Waals surface area contributed by atoms with Crippen molar-refractivity contribution in [2.75, 3.05) is 0 Å². The lowest BCUT2D eigenvalue weighted by Crippen LogP contribution is -2.08. The molecule has 1 aliphatic heterocycles. The molecule has 0 atom stereocenters. The van der Waals surface area contributed by atoms with Crippen LogP contribution in [0.25, 0.3) is 0 Å². The first-order valence-electron chi connectivity index (χ1n) is 5.15. The molecule has 1 aliphatic rings. The van der Waals surface area contributed by atoms with Gasteiger partial charge in [0.05, 0.1) is 13.0 Å². The van der Waals surface area contributed by atoms with Gasteiger partial charge in [0.15, 0.2) is 0 Å². The van der Waals surface area contributed by atoms with Crippen LogP contribution in [-0.2, 0) is 24.3 Å². The minimum absolute atomic E-state index is 0.0635. The summed E-state index contributed by atoms with van der Waals surface area (Å²) in [6.07, 6.45) is 0.0635. The zero-order valence-corrected chi connectivity index (χ0v) is 8.96. The number of carboxylic acid groups (broad SMARTS) is 1. The molecule has 0 spiro atoms. The number of carboxylic acids is 1. The van der Waals surface area contributed by atoms with E-state index in [1.165, 1.54) is 0 Å². The van der Waals surface area contributed by atoms with Gasteiger partial charge in [0.25, 0.3) is 0 Å². The first-order valence-corrected chi connectivity index (χ1v) is 5.15. The van der Waals surface area contributed by atoms with Crippen LogP contribution in [0.2, 0.25) is 0 Å². The highest BCUT2D eigenvalue weighted by molar-refractivity contribution is 5.71. The zero-order valence-electron chi connectivity index (χ0n) is 8.96. The number of aliphatic carboxylic acids is 1. The maximum Gasteiger partial charge on any atom is 0.307 e. The number of hydrogen-bond donors (Lipinski definition) is 2. The number of hydrogen-bond acceptors (Lipinski definition) is 3. The van der Waals surface area contributed by atoms with Gasteiger partial charge >= 0.3 is 5.97 Å². The Balaban J connectivity index is 2.43. The Morgan fingerprint density at radius 2 is 2.27 bits per heavy atom. The van der Waals surface area contributed by atoms with Crippen LogP contribution in [0.1, 0.15) is 42.4 Å². The Morgan fingerprint density at radius 1 is 1.53 bits per heavy atom. The summed E-state index contributed by atoms with van der Waals surface area (Å²) in [4.78, 5) is 10.8. The molecule has 4 heteroatoms. The SMILES string of the molecule is CC(C)c1oc2c(c1CC(=O)O)CNC2. The predicted molar refractivity (Wildman–Crippen MR) is 54.7 cm³/mol. The molecule has 2 heterocycles. The van der Waals surface area contributed by atoms with Gasteiger partial charge in [-0.1, -0.05) is 13.8 Å². The van der Waals surface area contributed by atoms with E-state index in [1.807, 2.05) is 13.8 Å². The molecular formula is C11H15NO3. The fourth-order valence-electron chi connectivity index (χ4n) is 2.03. The summed E-state index contributed by atoms with van der Waals surface area (Å²) in [5.74, 6) is 1.19. The van der Waals surface area contributed by atoms with Crippen LogP contribution >= 0.6 is 0 Å². The molecule has 0 unspecified atom stereocenters. The Morgan fingerprint density at radius 3 is 2.87 bits per heavy atom. The van der Waals surface area contributed by atoms with Crippen molar-refractivity contribution in [2.45, 2.75) is 39.3 Å². The smallest absolute Gasteiger partial charge is 0.307 e. The van der Waals surface area contributed by atoms with Gasteiger partial charge in [0, 0.05) is 23.6 Å². The zero-order chi connectivity index (χ0) is 11.0. The summed E-state index contributed by atoms with van der Waals surface area (Å²) in [6.45, 7) is 5.49. The molecule has 4 nitrogen and oxygen atoms in total. The quantitative estimate of drug-likeness (QED) is 0.794. The number of nitrogens with one attached hydrogen (secondary N) is 1. The molecule has 1 aromatic heterocycles. The summed E-state index contributed by atoms with van der Waals surface area (Å²) < 4.78 is 5.69. The van der Waals surface area contributed by atoms with Crippen molar-refractivity contribution in [3.63, 3.8) is 0 Å². The van der Waals surface area contributed by atoms with Crippen molar-refractivity contribution in [1.82, 2.24) is 5.32 Å². The number of carbonyl (C=O) groups is 1. The van der Waals surface area contributed by atoms with Crippen LogP contribution in [0.3, 0.4) is 0 Å². The van der Waals surface area contributed by atoms with Crippen LogP contribution < -0.4 is 5.32 Å². The van der Waals surface area contributed by atoms with Crippen LogP contribution in [0.4, 0.5) is 0 Å². The third kappa shape index (κ3) is 1.77. The van der Waals surface area contributed by atoms with Gasteiger partial charge in [-0.15, -0.1) is 0 Å². The van der Waals surface area contributed by atoms with E-state index in [1.54, 1.807) is 0 Å². The van der Waals surface area contributed by atoms with Gasteiger partial charge in [0.1, 0.15) is 11.5 Å². The fraction of sp³-hybridized carbons (Fsp3) is 0.545. The number of rotatable bonds is 3. The van der Waals surface area contributed by atoms with Gasteiger partial charge in [-0.3, -0.25) is 4.79 Å². The Hall–Kier alpha value is -1.29. The van der Waals surface area contributed by atoms with Crippen molar-refractivity contribution >= 4 is 5.97 Å². The van der Waals surface area contributed by atoms with E-state index in [2.05, 4.69) is 5.32 Å². The fourth-order valence-corrected chi connectivity index (χ4v) is 2.03.